The maximum Gasteiger partial charge on any atom is 0.103 e. The summed E-state index contributed by atoms with van der Waals surface area (Å²) in [5.74, 6) is 0.515. The zero-order valence-electron chi connectivity index (χ0n) is 12.5. The normalized spacial score (nSPS) is 11.0. The van der Waals surface area contributed by atoms with Crippen LogP contribution in [0.1, 0.15) is 36.5 Å². The van der Waals surface area contributed by atoms with E-state index in [1.54, 1.807) is 10.7 Å². The van der Waals surface area contributed by atoms with Gasteiger partial charge in [-0.3, -0.25) is 0 Å². The second-order valence-electron chi connectivity index (χ2n) is 5.67. The monoisotopic (exact) mass is 275 g/mol. The van der Waals surface area contributed by atoms with E-state index in [-0.39, 0.29) is 0 Å². The van der Waals surface area contributed by atoms with Gasteiger partial charge in [0.2, 0.25) is 0 Å². The van der Waals surface area contributed by atoms with Crippen molar-refractivity contribution in [3.05, 3.63) is 59.4 Å². The third-order valence-corrected chi connectivity index (χ3v) is 3.76. The highest BCUT2D eigenvalue weighted by molar-refractivity contribution is 5.84. The van der Waals surface area contributed by atoms with Crippen LogP contribution in [-0.2, 0) is 0 Å². The van der Waals surface area contributed by atoms with Gasteiger partial charge in [0.15, 0.2) is 0 Å². The van der Waals surface area contributed by atoms with Crippen LogP contribution >= 0.6 is 0 Å². The van der Waals surface area contributed by atoms with Gasteiger partial charge < -0.3 is 0 Å². The van der Waals surface area contributed by atoms with Crippen molar-refractivity contribution in [2.75, 3.05) is 0 Å². The molecule has 0 radical (unpaired) electrons. The minimum Gasteiger partial charge on any atom is -0.239 e. The zero-order chi connectivity index (χ0) is 15.0. The molecule has 1 aromatic carbocycles. The van der Waals surface area contributed by atoms with Gasteiger partial charge in [-0.05, 0) is 35.6 Å². The molecular formula is C18H17N3. The number of aromatic nitrogens is 2. The van der Waals surface area contributed by atoms with Gasteiger partial charge in [0.05, 0.1) is 17.3 Å². The Morgan fingerprint density at radius 2 is 1.90 bits per heavy atom. The Bertz CT molecular complexity index is 833. The molecular weight excluding hydrogens is 258 g/mol. The van der Waals surface area contributed by atoms with E-state index < -0.39 is 0 Å². The fourth-order valence-electron chi connectivity index (χ4n) is 2.60. The fourth-order valence-corrected chi connectivity index (χ4v) is 2.60. The number of benzene rings is 1. The van der Waals surface area contributed by atoms with Crippen molar-refractivity contribution >= 4 is 5.52 Å². The molecule has 0 saturated carbocycles. The standard InChI is InChI=1S/C18H17N3/c1-12(2)14-4-6-15(7-5-14)17-8-13(3)11-21-18(17)16(9-19)10-20-21/h4-8,10-12H,1-3H3. The van der Waals surface area contributed by atoms with Crippen molar-refractivity contribution in [1.82, 2.24) is 9.61 Å². The van der Waals surface area contributed by atoms with Gasteiger partial charge in [-0.2, -0.15) is 10.4 Å². The number of fused-ring (bicyclic) bond motifs is 1. The quantitative estimate of drug-likeness (QED) is 0.699. The molecule has 0 amide bonds. The molecule has 0 spiro atoms. The molecule has 0 aliphatic rings. The SMILES string of the molecule is Cc1cc(-c2ccc(C(C)C)cc2)c2c(C#N)cnn2c1. The lowest BCUT2D eigenvalue weighted by Gasteiger charge is -2.09. The van der Waals surface area contributed by atoms with Crippen molar-refractivity contribution in [3.8, 4) is 17.2 Å². The van der Waals surface area contributed by atoms with Crippen LogP contribution in [0.25, 0.3) is 16.6 Å². The Balaban J connectivity index is 2.24. The molecule has 0 fully saturated rings. The molecule has 3 aromatic rings. The first-order valence-corrected chi connectivity index (χ1v) is 7.08. The van der Waals surface area contributed by atoms with Crippen molar-refractivity contribution < 1.29 is 0 Å². The van der Waals surface area contributed by atoms with E-state index in [0.717, 1.165) is 22.2 Å². The molecule has 0 aliphatic heterocycles. The van der Waals surface area contributed by atoms with Crippen molar-refractivity contribution in [2.24, 2.45) is 0 Å². The number of hydrogen-bond donors (Lipinski definition) is 0. The minimum absolute atomic E-state index is 0.515. The Kier molecular flexibility index (Phi) is 3.23. The Morgan fingerprint density at radius 3 is 2.52 bits per heavy atom. The predicted molar refractivity (Wildman–Crippen MR) is 84.2 cm³/mol. The summed E-state index contributed by atoms with van der Waals surface area (Å²) in [6, 6.07) is 12.9. The molecule has 0 unspecified atom stereocenters. The topological polar surface area (TPSA) is 41.1 Å². The van der Waals surface area contributed by atoms with Crippen molar-refractivity contribution in [2.45, 2.75) is 26.7 Å². The molecule has 104 valence electrons. The minimum atomic E-state index is 0.515. The summed E-state index contributed by atoms with van der Waals surface area (Å²) in [5, 5.41) is 13.6. The highest BCUT2D eigenvalue weighted by Gasteiger charge is 2.11. The van der Waals surface area contributed by atoms with E-state index in [2.05, 4.69) is 55.3 Å². The van der Waals surface area contributed by atoms with Crippen LogP contribution in [0.2, 0.25) is 0 Å². The van der Waals surface area contributed by atoms with Crippen LogP contribution < -0.4 is 0 Å². The van der Waals surface area contributed by atoms with Gasteiger partial charge in [-0.1, -0.05) is 38.1 Å². The third kappa shape index (κ3) is 2.30. The van der Waals surface area contributed by atoms with Gasteiger partial charge in [0.25, 0.3) is 0 Å². The number of hydrogen-bond acceptors (Lipinski definition) is 2. The van der Waals surface area contributed by atoms with Gasteiger partial charge in [0.1, 0.15) is 6.07 Å². The molecule has 0 N–H and O–H groups in total. The molecule has 2 heterocycles. The van der Waals surface area contributed by atoms with E-state index in [1.165, 1.54) is 5.56 Å². The molecule has 21 heavy (non-hydrogen) atoms. The first-order chi connectivity index (χ1) is 10.1. The summed E-state index contributed by atoms with van der Waals surface area (Å²) in [5.41, 5.74) is 6.09. The second-order valence-corrected chi connectivity index (χ2v) is 5.67. The highest BCUT2D eigenvalue weighted by atomic mass is 15.2. The first kappa shape index (κ1) is 13.4. The van der Waals surface area contributed by atoms with Gasteiger partial charge in [0, 0.05) is 11.8 Å². The lowest BCUT2D eigenvalue weighted by atomic mass is 9.97. The average molecular weight is 275 g/mol. The second kappa shape index (κ2) is 5.06. The van der Waals surface area contributed by atoms with Gasteiger partial charge >= 0.3 is 0 Å². The van der Waals surface area contributed by atoms with E-state index in [4.69, 9.17) is 0 Å². The molecule has 3 nitrogen and oxygen atoms in total. The van der Waals surface area contributed by atoms with Crippen LogP contribution in [0.4, 0.5) is 0 Å². The summed E-state index contributed by atoms with van der Waals surface area (Å²) in [6.07, 6.45) is 3.57. The fraction of sp³-hybridized carbons (Fsp3) is 0.222. The largest absolute Gasteiger partial charge is 0.239 e. The van der Waals surface area contributed by atoms with Crippen LogP contribution in [0.3, 0.4) is 0 Å². The summed E-state index contributed by atoms with van der Waals surface area (Å²) in [7, 11) is 0. The van der Waals surface area contributed by atoms with E-state index >= 15 is 0 Å². The summed E-state index contributed by atoms with van der Waals surface area (Å²) in [4.78, 5) is 0. The Labute approximate surface area is 124 Å². The number of aryl methyl sites for hydroxylation is 1. The molecule has 0 atom stereocenters. The zero-order valence-corrected chi connectivity index (χ0v) is 12.5. The molecule has 0 aliphatic carbocycles. The van der Waals surface area contributed by atoms with Crippen molar-refractivity contribution in [3.63, 3.8) is 0 Å². The maximum atomic E-state index is 9.28. The summed E-state index contributed by atoms with van der Waals surface area (Å²) >= 11 is 0. The summed E-state index contributed by atoms with van der Waals surface area (Å²) < 4.78 is 1.79. The number of rotatable bonds is 2. The smallest absolute Gasteiger partial charge is 0.103 e. The van der Waals surface area contributed by atoms with E-state index in [0.29, 0.717) is 11.5 Å². The number of nitrogens with zero attached hydrogens (tertiary/aromatic N) is 3. The maximum absolute atomic E-state index is 9.28. The molecule has 3 rings (SSSR count). The first-order valence-electron chi connectivity index (χ1n) is 7.08. The van der Waals surface area contributed by atoms with Crippen LogP contribution in [0.15, 0.2) is 42.7 Å². The average Bonchev–Trinajstić information content (AvgIpc) is 2.89. The van der Waals surface area contributed by atoms with Crippen LogP contribution in [0.5, 0.6) is 0 Å². The molecule has 2 aromatic heterocycles. The molecule has 0 bridgehead atoms. The Morgan fingerprint density at radius 1 is 1.19 bits per heavy atom. The summed E-state index contributed by atoms with van der Waals surface area (Å²) in [6.45, 7) is 6.41. The predicted octanol–water partition coefficient (Wildman–Crippen LogP) is 4.30. The van der Waals surface area contributed by atoms with E-state index in [9.17, 15) is 5.26 Å². The third-order valence-electron chi connectivity index (χ3n) is 3.76. The van der Waals surface area contributed by atoms with Gasteiger partial charge in [-0.15, -0.1) is 0 Å². The lowest BCUT2D eigenvalue weighted by molar-refractivity contribution is 0.867. The number of pyridine rings is 1. The number of nitriles is 1. The van der Waals surface area contributed by atoms with Crippen LogP contribution in [0, 0.1) is 18.3 Å². The highest BCUT2D eigenvalue weighted by Crippen LogP contribution is 2.29. The van der Waals surface area contributed by atoms with Gasteiger partial charge in [-0.25, -0.2) is 4.52 Å². The molecule has 0 saturated heterocycles. The van der Waals surface area contributed by atoms with Crippen LogP contribution in [-0.4, -0.2) is 9.61 Å². The van der Waals surface area contributed by atoms with E-state index in [1.807, 2.05) is 13.1 Å². The van der Waals surface area contributed by atoms with Crippen molar-refractivity contribution in [1.29, 1.82) is 5.26 Å². The Hall–Kier alpha value is -2.60. The molecule has 3 heteroatoms. The lowest BCUT2D eigenvalue weighted by Crippen LogP contribution is -1.93.